The smallest absolute Gasteiger partial charge is 0.257 e. The highest BCUT2D eigenvalue weighted by atomic mass is 35.5. The highest BCUT2D eigenvalue weighted by Crippen LogP contribution is 2.38. The van der Waals surface area contributed by atoms with Gasteiger partial charge in [0.2, 0.25) is 0 Å². The van der Waals surface area contributed by atoms with Crippen molar-refractivity contribution in [2.24, 2.45) is 7.05 Å². The van der Waals surface area contributed by atoms with Crippen LogP contribution in [0.3, 0.4) is 0 Å². The van der Waals surface area contributed by atoms with Crippen molar-refractivity contribution in [1.29, 1.82) is 0 Å². The van der Waals surface area contributed by atoms with Gasteiger partial charge in [-0.05, 0) is 18.2 Å². The lowest BCUT2D eigenvalue weighted by Gasteiger charge is -2.17. The summed E-state index contributed by atoms with van der Waals surface area (Å²) in [5.74, 6) is -0.337. The van der Waals surface area contributed by atoms with Crippen molar-refractivity contribution in [3.63, 3.8) is 0 Å². The summed E-state index contributed by atoms with van der Waals surface area (Å²) in [6.07, 6.45) is 1.75. The predicted molar refractivity (Wildman–Crippen MR) is 108 cm³/mol. The maximum Gasteiger partial charge on any atom is 0.257 e. The van der Waals surface area contributed by atoms with E-state index in [1.165, 1.54) is 4.90 Å². The van der Waals surface area contributed by atoms with E-state index in [1.54, 1.807) is 50.2 Å². The number of aryl methyl sites for hydroxylation is 1. The molecule has 0 radical (unpaired) electrons. The van der Waals surface area contributed by atoms with E-state index < -0.39 is 16.7 Å². The Bertz CT molecular complexity index is 1080. The molecular weight excluding hydrogens is 431 g/mol. The highest BCUT2D eigenvalue weighted by Gasteiger charge is 2.27. The SMILES string of the molecule is CN(C)C(=O)c1c(S(=O)Cc2ccn(C)n2)nc2c(Cl)ccc(Cl)c2c1Cl. The van der Waals surface area contributed by atoms with E-state index in [-0.39, 0.29) is 21.4 Å². The molecule has 2 aromatic heterocycles. The largest absolute Gasteiger partial charge is 0.345 e. The van der Waals surface area contributed by atoms with Crippen molar-refractivity contribution in [3.8, 4) is 0 Å². The third-order valence-electron chi connectivity index (χ3n) is 3.83. The number of aromatic nitrogens is 3. The molecule has 0 spiro atoms. The van der Waals surface area contributed by atoms with Gasteiger partial charge in [0.25, 0.3) is 5.91 Å². The second kappa shape index (κ2) is 7.75. The van der Waals surface area contributed by atoms with Crippen LogP contribution in [0, 0.1) is 0 Å². The Kier molecular flexibility index (Phi) is 5.76. The first-order chi connectivity index (χ1) is 12.7. The normalized spacial score (nSPS) is 12.4. The fourth-order valence-electron chi connectivity index (χ4n) is 2.55. The summed E-state index contributed by atoms with van der Waals surface area (Å²) in [6, 6.07) is 4.90. The molecule has 0 fully saturated rings. The van der Waals surface area contributed by atoms with Crippen molar-refractivity contribution in [2.45, 2.75) is 10.8 Å². The molecule has 0 bridgehead atoms. The van der Waals surface area contributed by atoms with Crippen molar-refractivity contribution in [3.05, 3.63) is 50.7 Å². The summed E-state index contributed by atoms with van der Waals surface area (Å²) in [5.41, 5.74) is 0.954. The van der Waals surface area contributed by atoms with Crippen molar-refractivity contribution >= 4 is 62.4 Å². The van der Waals surface area contributed by atoms with E-state index in [0.29, 0.717) is 26.6 Å². The summed E-state index contributed by atoms with van der Waals surface area (Å²) in [7, 11) is 3.25. The average molecular weight is 446 g/mol. The third-order valence-corrected chi connectivity index (χ3v) is 6.11. The molecular formula is C17H15Cl3N4O2S. The zero-order chi connectivity index (χ0) is 19.9. The molecule has 1 aromatic carbocycles. The van der Waals surface area contributed by atoms with E-state index >= 15 is 0 Å². The average Bonchev–Trinajstić information content (AvgIpc) is 3.01. The number of pyridine rings is 1. The summed E-state index contributed by atoms with van der Waals surface area (Å²) in [5, 5.41) is 5.32. The maximum atomic E-state index is 13.1. The Morgan fingerprint density at radius 2 is 1.85 bits per heavy atom. The van der Waals surface area contributed by atoms with Gasteiger partial charge in [0.15, 0.2) is 0 Å². The first-order valence-corrected chi connectivity index (χ1v) is 10.2. The van der Waals surface area contributed by atoms with E-state index in [9.17, 15) is 9.00 Å². The number of fused-ring (bicyclic) bond motifs is 1. The minimum absolute atomic E-state index is 0.0487. The van der Waals surface area contributed by atoms with Gasteiger partial charge in [-0.1, -0.05) is 34.8 Å². The van der Waals surface area contributed by atoms with Gasteiger partial charge in [-0.25, -0.2) is 4.98 Å². The van der Waals surface area contributed by atoms with Crippen molar-refractivity contribution < 1.29 is 9.00 Å². The van der Waals surface area contributed by atoms with Gasteiger partial charge in [0, 0.05) is 32.7 Å². The van der Waals surface area contributed by atoms with Crippen LogP contribution >= 0.6 is 34.8 Å². The van der Waals surface area contributed by atoms with Crippen molar-refractivity contribution in [2.75, 3.05) is 14.1 Å². The van der Waals surface area contributed by atoms with E-state index in [0.717, 1.165) is 0 Å². The maximum absolute atomic E-state index is 13.1. The van der Waals surface area contributed by atoms with Gasteiger partial charge in [-0.3, -0.25) is 13.7 Å². The number of rotatable bonds is 4. The summed E-state index contributed by atoms with van der Waals surface area (Å²) in [6.45, 7) is 0. The Hall–Kier alpha value is -1.67. The standard InChI is InChI=1S/C17H15Cl3N4O2S/c1-23(2)17(25)13-14(20)12-10(18)4-5-11(19)15(12)21-16(13)27(26)8-9-6-7-24(3)22-9/h4-7H,8H2,1-3H3. The molecule has 1 amide bonds. The number of benzene rings is 1. The van der Waals surface area contributed by atoms with Gasteiger partial charge >= 0.3 is 0 Å². The van der Waals surface area contributed by atoms with E-state index in [4.69, 9.17) is 34.8 Å². The van der Waals surface area contributed by atoms with Crippen LogP contribution in [0.4, 0.5) is 0 Å². The molecule has 6 nitrogen and oxygen atoms in total. The summed E-state index contributed by atoms with van der Waals surface area (Å²) in [4.78, 5) is 18.5. The topological polar surface area (TPSA) is 68.1 Å². The summed E-state index contributed by atoms with van der Waals surface area (Å²) < 4.78 is 14.7. The third kappa shape index (κ3) is 3.82. The highest BCUT2D eigenvalue weighted by molar-refractivity contribution is 7.84. The fourth-order valence-corrected chi connectivity index (χ4v) is 4.63. The van der Waals surface area contributed by atoms with E-state index in [1.807, 2.05) is 0 Å². The molecule has 2 heterocycles. The minimum atomic E-state index is -1.67. The number of carbonyl (C=O) groups excluding carboxylic acids is 1. The minimum Gasteiger partial charge on any atom is -0.345 e. The van der Waals surface area contributed by atoms with Gasteiger partial charge in [0.1, 0.15) is 5.03 Å². The molecule has 10 heteroatoms. The van der Waals surface area contributed by atoms with Crippen molar-refractivity contribution in [1.82, 2.24) is 19.7 Å². The van der Waals surface area contributed by atoms with E-state index in [2.05, 4.69) is 10.1 Å². The van der Waals surface area contributed by atoms with Crippen LogP contribution < -0.4 is 0 Å². The quantitative estimate of drug-likeness (QED) is 0.610. The van der Waals surface area contributed by atoms with Crippen LogP contribution in [-0.4, -0.2) is 43.9 Å². The Morgan fingerprint density at radius 1 is 1.19 bits per heavy atom. The van der Waals surface area contributed by atoms with Crippen LogP contribution in [-0.2, 0) is 23.6 Å². The van der Waals surface area contributed by atoms with Gasteiger partial charge in [0.05, 0.1) is 48.4 Å². The fraction of sp³-hybridized carbons (Fsp3) is 0.235. The predicted octanol–water partition coefficient (Wildman–Crippen LogP) is 3.94. The number of nitrogens with zero attached hydrogens (tertiary/aromatic N) is 4. The number of halogens is 3. The Morgan fingerprint density at radius 3 is 2.44 bits per heavy atom. The molecule has 0 saturated carbocycles. The van der Waals surface area contributed by atoms with Gasteiger partial charge in [-0.2, -0.15) is 5.10 Å². The second-order valence-corrected chi connectivity index (χ2v) is 8.59. The molecule has 0 aliphatic carbocycles. The lowest BCUT2D eigenvalue weighted by Crippen LogP contribution is -2.24. The second-order valence-electron chi connectivity index (χ2n) is 6.03. The Labute approximate surface area is 173 Å². The van der Waals surface area contributed by atoms with Crippen LogP contribution in [0.25, 0.3) is 10.9 Å². The Balaban J connectivity index is 2.25. The zero-order valence-electron chi connectivity index (χ0n) is 14.7. The molecule has 0 aliphatic heterocycles. The molecule has 3 rings (SSSR count). The van der Waals surface area contributed by atoms with Crippen LogP contribution in [0.15, 0.2) is 29.4 Å². The summed E-state index contributed by atoms with van der Waals surface area (Å²) >= 11 is 19.0. The molecule has 27 heavy (non-hydrogen) atoms. The number of amides is 1. The lowest BCUT2D eigenvalue weighted by molar-refractivity contribution is 0.0823. The lowest BCUT2D eigenvalue weighted by atomic mass is 10.1. The van der Waals surface area contributed by atoms with Gasteiger partial charge in [-0.15, -0.1) is 0 Å². The molecule has 1 atom stereocenters. The molecule has 0 N–H and O–H groups in total. The number of hydrogen-bond donors (Lipinski definition) is 0. The number of carbonyl (C=O) groups is 1. The van der Waals surface area contributed by atoms with Crippen LogP contribution in [0.5, 0.6) is 0 Å². The molecule has 0 saturated heterocycles. The van der Waals surface area contributed by atoms with Crippen LogP contribution in [0.2, 0.25) is 15.1 Å². The molecule has 1 unspecified atom stereocenters. The first kappa shape index (κ1) is 20.1. The first-order valence-electron chi connectivity index (χ1n) is 7.76. The van der Waals surface area contributed by atoms with Gasteiger partial charge < -0.3 is 4.90 Å². The van der Waals surface area contributed by atoms with Crippen LogP contribution in [0.1, 0.15) is 16.1 Å². The monoisotopic (exact) mass is 444 g/mol. The zero-order valence-corrected chi connectivity index (χ0v) is 17.7. The molecule has 0 aliphatic rings. The molecule has 142 valence electrons. The molecule has 3 aromatic rings. The number of hydrogen-bond acceptors (Lipinski definition) is 4.